The molecule has 0 radical (unpaired) electrons. The van der Waals surface area contributed by atoms with Gasteiger partial charge in [0.15, 0.2) is 11.5 Å². The van der Waals surface area contributed by atoms with Gasteiger partial charge in [0.25, 0.3) is 5.91 Å². The SMILES string of the molecule is Cc1ccc(C(=O)N2CCOc3c(cc(-c4nc5ccccc5s4)cc3OC3CCOC3)C2)s1. The number of fused-ring (bicyclic) bond motifs is 2. The van der Waals surface area contributed by atoms with Gasteiger partial charge in [-0.1, -0.05) is 12.1 Å². The molecule has 1 saturated heterocycles. The van der Waals surface area contributed by atoms with Crippen molar-refractivity contribution in [2.24, 2.45) is 0 Å². The van der Waals surface area contributed by atoms with Gasteiger partial charge >= 0.3 is 0 Å². The van der Waals surface area contributed by atoms with Gasteiger partial charge in [0.1, 0.15) is 17.7 Å². The molecule has 4 aromatic rings. The van der Waals surface area contributed by atoms with Crippen LogP contribution in [0.5, 0.6) is 11.5 Å². The van der Waals surface area contributed by atoms with Crippen LogP contribution in [0, 0.1) is 6.92 Å². The number of ether oxygens (including phenoxy) is 3. The molecule has 1 unspecified atom stereocenters. The Bertz CT molecular complexity index is 1320. The fourth-order valence-corrected chi connectivity index (χ4v) is 6.14. The maximum atomic E-state index is 13.2. The van der Waals surface area contributed by atoms with Crippen LogP contribution < -0.4 is 9.47 Å². The molecule has 2 aliphatic heterocycles. The number of rotatable bonds is 4. The van der Waals surface area contributed by atoms with Crippen molar-refractivity contribution in [2.45, 2.75) is 26.0 Å². The molecule has 2 aliphatic rings. The third kappa shape index (κ3) is 4.17. The van der Waals surface area contributed by atoms with Gasteiger partial charge in [0.2, 0.25) is 0 Å². The fraction of sp³-hybridized carbons (Fsp3) is 0.308. The van der Waals surface area contributed by atoms with Crippen LogP contribution in [0.15, 0.2) is 48.5 Å². The Hall–Kier alpha value is -2.94. The Morgan fingerprint density at radius 1 is 1.15 bits per heavy atom. The number of hydrogen-bond acceptors (Lipinski definition) is 7. The number of benzene rings is 2. The van der Waals surface area contributed by atoms with E-state index in [-0.39, 0.29) is 12.0 Å². The van der Waals surface area contributed by atoms with E-state index in [2.05, 4.69) is 12.1 Å². The maximum Gasteiger partial charge on any atom is 0.264 e. The highest BCUT2D eigenvalue weighted by atomic mass is 32.1. The van der Waals surface area contributed by atoms with Crippen molar-refractivity contribution >= 4 is 38.8 Å². The highest BCUT2D eigenvalue weighted by Crippen LogP contribution is 2.41. The zero-order valence-corrected chi connectivity index (χ0v) is 20.4. The van der Waals surface area contributed by atoms with Crippen LogP contribution in [0.2, 0.25) is 0 Å². The second-order valence-corrected chi connectivity index (χ2v) is 10.9. The van der Waals surface area contributed by atoms with Crippen LogP contribution in [0.4, 0.5) is 0 Å². The number of carbonyl (C=O) groups is 1. The number of hydrogen-bond donors (Lipinski definition) is 0. The number of aryl methyl sites for hydroxylation is 1. The molecule has 0 spiro atoms. The quantitative estimate of drug-likeness (QED) is 0.375. The lowest BCUT2D eigenvalue weighted by Crippen LogP contribution is -2.31. The highest BCUT2D eigenvalue weighted by Gasteiger charge is 2.27. The second kappa shape index (κ2) is 9.02. The summed E-state index contributed by atoms with van der Waals surface area (Å²) in [6.07, 6.45) is 0.844. The molecule has 0 N–H and O–H groups in total. The smallest absolute Gasteiger partial charge is 0.264 e. The summed E-state index contributed by atoms with van der Waals surface area (Å²) in [6, 6.07) is 16.1. The minimum absolute atomic E-state index is 0.00611. The molecule has 0 saturated carbocycles. The molecule has 4 heterocycles. The van der Waals surface area contributed by atoms with Crippen molar-refractivity contribution in [1.29, 1.82) is 0 Å². The molecule has 1 atom stereocenters. The van der Waals surface area contributed by atoms with Crippen LogP contribution in [-0.2, 0) is 11.3 Å². The molecule has 1 fully saturated rings. The predicted molar refractivity (Wildman–Crippen MR) is 134 cm³/mol. The molecule has 174 valence electrons. The lowest BCUT2D eigenvalue weighted by atomic mass is 10.1. The molecule has 2 aromatic heterocycles. The summed E-state index contributed by atoms with van der Waals surface area (Å²) in [5, 5.41) is 0.924. The molecule has 1 amide bonds. The van der Waals surface area contributed by atoms with Gasteiger partial charge < -0.3 is 19.1 Å². The van der Waals surface area contributed by atoms with Gasteiger partial charge in [-0.15, -0.1) is 22.7 Å². The molecular weight excluding hydrogens is 468 g/mol. The van der Waals surface area contributed by atoms with Crippen molar-refractivity contribution in [3.05, 3.63) is 63.8 Å². The van der Waals surface area contributed by atoms with E-state index in [1.807, 2.05) is 48.2 Å². The monoisotopic (exact) mass is 492 g/mol. The average Bonchev–Trinajstić information content (AvgIpc) is 3.57. The summed E-state index contributed by atoms with van der Waals surface area (Å²) in [6.45, 7) is 4.69. The van der Waals surface area contributed by atoms with E-state index in [1.165, 1.54) is 11.3 Å². The highest BCUT2D eigenvalue weighted by molar-refractivity contribution is 7.21. The number of para-hydroxylation sites is 1. The van der Waals surface area contributed by atoms with E-state index in [0.717, 1.165) is 48.3 Å². The first kappa shape index (κ1) is 21.6. The maximum absolute atomic E-state index is 13.2. The Balaban J connectivity index is 1.40. The first-order chi connectivity index (χ1) is 16.6. The Morgan fingerprint density at radius 3 is 2.85 bits per heavy atom. The first-order valence-corrected chi connectivity index (χ1v) is 13.0. The minimum atomic E-state index is -0.00611. The first-order valence-electron chi connectivity index (χ1n) is 11.4. The average molecular weight is 493 g/mol. The molecule has 2 aromatic carbocycles. The van der Waals surface area contributed by atoms with Gasteiger partial charge in [-0.05, 0) is 43.3 Å². The zero-order valence-electron chi connectivity index (χ0n) is 18.8. The molecule has 6 nitrogen and oxygen atoms in total. The largest absolute Gasteiger partial charge is 0.487 e. The number of aromatic nitrogens is 1. The van der Waals surface area contributed by atoms with Crippen molar-refractivity contribution in [3.63, 3.8) is 0 Å². The van der Waals surface area contributed by atoms with Crippen LogP contribution >= 0.6 is 22.7 Å². The van der Waals surface area contributed by atoms with Gasteiger partial charge in [-0.25, -0.2) is 4.98 Å². The lowest BCUT2D eigenvalue weighted by molar-refractivity contribution is 0.0737. The third-order valence-electron chi connectivity index (χ3n) is 6.06. The Labute approximate surface area is 205 Å². The van der Waals surface area contributed by atoms with Crippen molar-refractivity contribution < 1.29 is 19.0 Å². The second-order valence-electron chi connectivity index (χ2n) is 8.54. The van der Waals surface area contributed by atoms with E-state index >= 15 is 0 Å². The van der Waals surface area contributed by atoms with Crippen LogP contribution in [0.25, 0.3) is 20.8 Å². The molecular formula is C26H24N2O4S2. The molecule has 0 bridgehead atoms. The summed E-state index contributed by atoms with van der Waals surface area (Å²) in [5.74, 6) is 1.45. The topological polar surface area (TPSA) is 60.9 Å². The lowest BCUT2D eigenvalue weighted by Gasteiger charge is -2.20. The van der Waals surface area contributed by atoms with Gasteiger partial charge in [-0.2, -0.15) is 0 Å². The zero-order chi connectivity index (χ0) is 23.1. The molecule has 0 aliphatic carbocycles. The van der Waals surface area contributed by atoms with E-state index in [1.54, 1.807) is 11.3 Å². The summed E-state index contributed by atoms with van der Waals surface area (Å²) >= 11 is 3.18. The van der Waals surface area contributed by atoms with Crippen LogP contribution in [0.1, 0.15) is 26.5 Å². The fourth-order valence-electron chi connectivity index (χ4n) is 4.35. The summed E-state index contributed by atoms with van der Waals surface area (Å²) in [4.78, 5) is 21.8. The summed E-state index contributed by atoms with van der Waals surface area (Å²) in [5.41, 5.74) is 2.88. The van der Waals surface area contributed by atoms with Crippen LogP contribution in [-0.4, -0.2) is 48.3 Å². The predicted octanol–water partition coefficient (Wildman–Crippen LogP) is 5.54. The van der Waals surface area contributed by atoms with E-state index in [4.69, 9.17) is 19.2 Å². The number of thiophene rings is 1. The van der Waals surface area contributed by atoms with Crippen molar-refractivity contribution in [2.75, 3.05) is 26.4 Å². The molecule has 6 rings (SSSR count). The van der Waals surface area contributed by atoms with Crippen molar-refractivity contribution in [1.82, 2.24) is 9.88 Å². The number of nitrogens with zero attached hydrogens (tertiary/aromatic N) is 2. The number of carbonyl (C=O) groups excluding carboxylic acids is 1. The van der Waals surface area contributed by atoms with Crippen LogP contribution in [0.3, 0.4) is 0 Å². The number of thiazole rings is 1. The van der Waals surface area contributed by atoms with E-state index < -0.39 is 0 Å². The Morgan fingerprint density at radius 2 is 2.06 bits per heavy atom. The minimum Gasteiger partial charge on any atom is -0.487 e. The standard InChI is InChI=1S/C26H24N2O4S2/c1-16-6-7-23(33-16)26(29)28-9-11-31-24-18(14-28)12-17(13-21(24)32-19-8-10-30-15-19)25-27-20-4-2-3-5-22(20)34-25/h2-7,12-13,19H,8-11,14-15H2,1H3. The Kier molecular flexibility index (Phi) is 5.72. The van der Waals surface area contributed by atoms with E-state index in [0.29, 0.717) is 38.7 Å². The molecule has 34 heavy (non-hydrogen) atoms. The van der Waals surface area contributed by atoms with Crippen molar-refractivity contribution in [3.8, 4) is 22.1 Å². The summed E-state index contributed by atoms with van der Waals surface area (Å²) < 4.78 is 19.2. The summed E-state index contributed by atoms with van der Waals surface area (Å²) in [7, 11) is 0. The third-order valence-corrected chi connectivity index (χ3v) is 8.14. The van der Waals surface area contributed by atoms with Gasteiger partial charge in [0.05, 0.1) is 34.9 Å². The van der Waals surface area contributed by atoms with Gasteiger partial charge in [0, 0.05) is 29.0 Å². The number of amides is 1. The van der Waals surface area contributed by atoms with Gasteiger partial charge in [-0.3, -0.25) is 4.79 Å². The van der Waals surface area contributed by atoms with E-state index in [9.17, 15) is 4.79 Å². The normalized spacial score (nSPS) is 17.9. The molecule has 8 heteroatoms.